The van der Waals surface area contributed by atoms with Crippen molar-refractivity contribution in [3.63, 3.8) is 0 Å². The second-order valence-corrected chi connectivity index (χ2v) is 6.24. The lowest BCUT2D eigenvalue weighted by atomic mass is 9.89. The summed E-state index contributed by atoms with van der Waals surface area (Å²) in [6, 6.07) is 1.89. The summed E-state index contributed by atoms with van der Waals surface area (Å²) in [5.74, 6) is 1.97. The first-order chi connectivity index (χ1) is 10.7. The van der Waals surface area contributed by atoms with E-state index < -0.39 is 0 Å². The summed E-state index contributed by atoms with van der Waals surface area (Å²) in [7, 11) is 0. The number of morpholine rings is 1. The molecule has 0 saturated carbocycles. The summed E-state index contributed by atoms with van der Waals surface area (Å²) < 4.78 is 5.41. The third kappa shape index (κ3) is 3.85. The zero-order valence-electron chi connectivity index (χ0n) is 12.9. The molecule has 0 aromatic carbocycles. The fourth-order valence-electron chi connectivity index (χ4n) is 3.46. The van der Waals surface area contributed by atoms with Crippen molar-refractivity contribution < 1.29 is 9.84 Å². The monoisotopic (exact) mass is 307 g/mol. The van der Waals surface area contributed by atoms with Crippen molar-refractivity contribution in [2.45, 2.75) is 6.42 Å². The van der Waals surface area contributed by atoms with Crippen molar-refractivity contribution in [1.29, 1.82) is 0 Å². The molecular weight excluding hydrogens is 282 g/mol. The third-order valence-electron chi connectivity index (χ3n) is 4.49. The Morgan fingerprint density at radius 3 is 2.77 bits per heavy atom. The molecule has 0 radical (unpaired) electrons. The van der Waals surface area contributed by atoms with Gasteiger partial charge in [-0.2, -0.15) is 4.98 Å². The molecule has 3 heterocycles. The number of ether oxygens (including phenoxy) is 1. The van der Waals surface area contributed by atoms with Crippen LogP contribution in [0.3, 0.4) is 0 Å². The number of aliphatic hydroxyl groups is 1. The lowest BCUT2D eigenvalue weighted by Crippen LogP contribution is -2.48. The van der Waals surface area contributed by atoms with E-state index in [4.69, 9.17) is 10.5 Å². The zero-order chi connectivity index (χ0) is 15.4. The van der Waals surface area contributed by atoms with E-state index in [2.05, 4.69) is 19.8 Å². The topological polar surface area (TPSA) is 87.7 Å². The summed E-state index contributed by atoms with van der Waals surface area (Å²) in [5, 5.41) is 9.62. The summed E-state index contributed by atoms with van der Waals surface area (Å²) >= 11 is 0. The molecule has 0 spiro atoms. The molecule has 2 atom stereocenters. The number of hydrogen-bond acceptors (Lipinski definition) is 7. The fraction of sp³-hybridized carbons (Fsp3) is 0.733. The summed E-state index contributed by atoms with van der Waals surface area (Å²) in [6.07, 6.45) is 2.75. The molecule has 0 bridgehead atoms. The second-order valence-electron chi connectivity index (χ2n) is 6.24. The van der Waals surface area contributed by atoms with Gasteiger partial charge in [-0.15, -0.1) is 0 Å². The van der Waals surface area contributed by atoms with Crippen LogP contribution < -0.4 is 10.6 Å². The summed E-state index contributed by atoms with van der Waals surface area (Å²) in [5.41, 5.74) is 5.70. The summed E-state index contributed by atoms with van der Waals surface area (Å²) in [6.45, 7) is 6.69. The Bertz CT molecular complexity index is 481. The zero-order valence-corrected chi connectivity index (χ0v) is 12.9. The van der Waals surface area contributed by atoms with Crippen molar-refractivity contribution in [1.82, 2.24) is 14.9 Å². The molecule has 2 saturated heterocycles. The van der Waals surface area contributed by atoms with Crippen LogP contribution >= 0.6 is 0 Å². The molecule has 2 fully saturated rings. The lowest BCUT2D eigenvalue weighted by molar-refractivity contribution is 0.0268. The van der Waals surface area contributed by atoms with Crippen molar-refractivity contribution in [3.8, 4) is 0 Å². The molecule has 122 valence electrons. The number of aliphatic hydroxyl groups excluding tert-OH is 1. The van der Waals surface area contributed by atoms with E-state index >= 15 is 0 Å². The van der Waals surface area contributed by atoms with Gasteiger partial charge in [-0.1, -0.05) is 0 Å². The molecule has 7 nitrogen and oxygen atoms in total. The van der Waals surface area contributed by atoms with E-state index in [1.165, 1.54) is 0 Å². The Labute approximate surface area is 131 Å². The predicted octanol–water partition coefficient (Wildman–Crippen LogP) is -0.174. The molecule has 1 aromatic rings. The molecule has 0 unspecified atom stereocenters. The van der Waals surface area contributed by atoms with Crippen LogP contribution in [0.1, 0.15) is 6.42 Å². The van der Waals surface area contributed by atoms with Crippen LogP contribution in [0.25, 0.3) is 0 Å². The number of anilines is 2. The van der Waals surface area contributed by atoms with E-state index in [-0.39, 0.29) is 12.5 Å². The van der Waals surface area contributed by atoms with E-state index in [1.807, 2.05) is 6.07 Å². The van der Waals surface area contributed by atoms with Crippen molar-refractivity contribution in [2.24, 2.45) is 11.8 Å². The number of nitrogens with two attached hydrogens (primary N) is 1. The van der Waals surface area contributed by atoms with Gasteiger partial charge in [0.15, 0.2) is 0 Å². The molecule has 0 aliphatic carbocycles. The van der Waals surface area contributed by atoms with E-state index in [1.54, 1.807) is 6.20 Å². The van der Waals surface area contributed by atoms with Crippen LogP contribution in [0.15, 0.2) is 12.3 Å². The van der Waals surface area contributed by atoms with Crippen molar-refractivity contribution in [3.05, 3.63) is 12.3 Å². The minimum absolute atomic E-state index is 0.219. The average Bonchev–Trinajstić information content (AvgIpc) is 2.55. The van der Waals surface area contributed by atoms with Crippen molar-refractivity contribution in [2.75, 3.05) is 63.2 Å². The maximum absolute atomic E-state index is 9.62. The molecule has 3 N–H and O–H groups in total. The average molecular weight is 307 g/mol. The smallest absolute Gasteiger partial charge is 0.221 e. The van der Waals surface area contributed by atoms with Gasteiger partial charge in [0.2, 0.25) is 5.95 Å². The van der Waals surface area contributed by atoms with Crippen LogP contribution in [-0.4, -0.2) is 72.5 Å². The molecule has 7 heteroatoms. The second kappa shape index (κ2) is 7.21. The van der Waals surface area contributed by atoms with E-state index in [9.17, 15) is 5.11 Å². The minimum Gasteiger partial charge on any atom is -0.396 e. The van der Waals surface area contributed by atoms with E-state index in [0.29, 0.717) is 11.9 Å². The van der Waals surface area contributed by atoms with Gasteiger partial charge in [-0.05, 0) is 24.3 Å². The van der Waals surface area contributed by atoms with Crippen molar-refractivity contribution >= 4 is 11.8 Å². The maximum Gasteiger partial charge on any atom is 0.221 e. The first-order valence-electron chi connectivity index (χ1n) is 7.99. The van der Waals surface area contributed by atoms with Crippen LogP contribution in [0, 0.1) is 11.8 Å². The number of hydrogen-bond donors (Lipinski definition) is 2. The number of nitrogen functional groups attached to an aromatic ring is 1. The molecule has 2 aliphatic heterocycles. The molecule has 0 amide bonds. The number of aromatic nitrogens is 2. The highest BCUT2D eigenvalue weighted by Gasteiger charge is 2.29. The molecule has 1 aromatic heterocycles. The Morgan fingerprint density at radius 2 is 2.05 bits per heavy atom. The number of nitrogens with zero attached hydrogens (tertiary/aromatic N) is 4. The highest BCUT2D eigenvalue weighted by molar-refractivity contribution is 5.41. The predicted molar refractivity (Wildman–Crippen MR) is 84.6 cm³/mol. The van der Waals surface area contributed by atoms with Gasteiger partial charge >= 0.3 is 0 Å². The lowest BCUT2D eigenvalue weighted by Gasteiger charge is -2.40. The van der Waals surface area contributed by atoms with Gasteiger partial charge in [0, 0.05) is 45.5 Å². The largest absolute Gasteiger partial charge is 0.396 e. The number of piperidine rings is 1. The first-order valence-corrected chi connectivity index (χ1v) is 7.99. The highest BCUT2D eigenvalue weighted by Crippen LogP contribution is 2.26. The van der Waals surface area contributed by atoms with E-state index in [0.717, 1.165) is 58.2 Å². The van der Waals surface area contributed by atoms with Gasteiger partial charge in [0.25, 0.3) is 0 Å². The Morgan fingerprint density at radius 1 is 1.27 bits per heavy atom. The Kier molecular flexibility index (Phi) is 5.07. The first kappa shape index (κ1) is 15.5. The SMILES string of the molecule is Nc1nccc(N2C[C@@H](CN3CCOCC3)C[C@H](CO)C2)n1. The van der Waals surface area contributed by atoms with Gasteiger partial charge in [0.1, 0.15) is 5.82 Å². The Balaban J connectivity index is 1.66. The van der Waals surface area contributed by atoms with Gasteiger partial charge in [0.05, 0.1) is 13.2 Å². The highest BCUT2D eigenvalue weighted by atomic mass is 16.5. The normalized spacial score (nSPS) is 27.0. The molecule has 3 rings (SSSR count). The minimum atomic E-state index is 0.219. The Hall–Kier alpha value is -1.44. The van der Waals surface area contributed by atoms with Crippen LogP contribution in [0.5, 0.6) is 0 Å². The third-order valence-corrected chi connectivity index (χ3v) is 4.49. The van der Waals surface area contributed by atoms with Crippen LogP contribution in [-0.2, 0) is 4.74 Å². The van der Waals surface area contributed by atoms with Crippen LogP contribution in [0.4, 0.5) is 11.8 Å². The number of rotatable bonds is 4. The van der Waals surface area contributed by atoms with Gasteiger partial charge in [-0.25, -0.2) is 4.98 Å². The van der Waals surface area contributed by atoms with Gasteiger partial charge in [-0.3, -0.25) is 4.90 Å². The maximum atomic E-state index is 9.62. The summed E-state index contributed by atoms with van der Waals surface area (Å²) in [4.78, 5) is 13.0. The van der Waals surface area contributed by atoms with Gasteiger partial charge < -0.3 is 20.5 Å². The molecular formula is C15H25N5O2. The van der Waals surface area contributed by atoms with Crippen LogP contribution in [0.2, 0.25) is 0 Å². The molecule has 2 aliphatic rings. The quantitative estimate of drug-likeness (QED) is 0.798. The molecule has 22 heavy (non-hydrogen) atoms. The fourth-order valence-corrected chi connectivity index (χ4v) is 3.46. The standard InChI is InChI=1S/C15H25N5O2/c16-15-17-2-1-14(18-15)20-9-12(7-13(10-20)11-21)8-19-3-5-22-6-4-19/h1-2,12-13,21H,3-11H2,(H2,16,17,18)/t12-,13+/m1/s1.